The molecule has 1 unspecified atom stereocenters. The molecule has 1 aromatic carbocycles. The Hall–Kier alpha value is -1.69. The third-order valence-electron chi connectivity index (χ3n) is 3.70. The highest BCUT2D eigenvalue weighted by Crippen LogP contribution is 2.20. The summed E-state index contributed by atoms with van der Waals surface area (Å²) in [7, 11) is 0. The number of urea groups is 1. The highest BCUT2D eigenvalue weighted by Gasteiger charge is 2.21. The van der Waals surface area contributed by atoms with Gasteiger partial charge in [0.1, 0.15) is 0 Å². The van der Waals surface area contributed by atoms with E-state index in [0.717, 1.165) is 17.5 Å². The lowest BCUT2D eigenvalue weighted by Gasteiger charge is -2.29. The Balaban J connectivity index is 2.02. The van der Waals surface area contributed by atoms with Gasteiger partial charge < -0.3 is 15.3 Å². The third kappa shape index (κ3) is 3.91. The number of thioether (sulfide) groups is 1. The van der Waals surface area contributed by atoms with Crippen molar-refractivity contribution in [3.63, 3.8) is 0 Å². The summed E-state index contributed by atoms with van der Waals surface area (Å²) in [6.45, 7) is 3.84. The summed E-state index contributed by atoms with van der Waals surface area (Å²) < 4.78 is 0. The zero-order valence-electron chi connectivity index (χ0n) is 12.3. The maximum absolute atomic E-state index is 12.1. The third-order valence-corrected chi connectivity index (χ3v) is 4.67. The van der Waals surface area contributed by atoms with Gasteiger partial charge in [0.2, 0.25) is 0 Å². The van der Waals surface area contributed by atoms with Crippen LogP contribution in [-0.2, 0) is 13.0 Å². The summed E-state index contributed by atoms with van der Waals surface area (Å²) in [5, 5.41) is 12.3. The van der Waals surface area contributed by atoms with Gasteiger partial charge in [0, 0.05) is 24.9 Å². The van der Waals surface area contributed by atoms with E-state index in [4.69, 9.17) is 5.11 Å². The Morgan fingerprint density at radius 3 is 2.86 bits per heavy atom. The molecule has 0 spiro atoms. The van der Waals surface area contributed by atoms with Crippen molar-refractivity contribution >= 4 is 23.8 Å². The number of nitrogens with one attached hydrogen (secondary N) is 1. The fraction of sp³-hybridized carbons (Fsp3) is 0.467. The summed E-state index contributed by atoms with van der Waals surface area (Å²) >= 11 is 1.71. The Morgan fingerprint density at radius 1 is 1.43 bits per heavy atom. The lowest BCUT2D eigenvalue weighted by atomic mass is 9.97. The molecule has 1 heterocycles. The fourth-order valence-corrected chi connectivity index (χ4v) is 2.54. The van der Waals surface area contributed by atoms with E-state index in [2.05, 4.69) is 12.2 Å². The minimum atomic E-state index is -0.937. The maximum Gasteiger partial charge on any atom is 0.335 e. The van der Waals surface area contributed by atoms with Crippen LogP contribution in [0.3, 0.4) is 0 Å². The van der Waals surface area contributed by atoms with Gasteiger partial charge in [-0.2, -0.15) is 11.8 Å². The van der Waals surface area contributed by atoms with Gasteiger partial charge in [-0.1, -0.05) is 13.0 Å². The van der Waals surface area contributed by atoms with Gasteiger partial charge in [0.25, 0.3) is 0 Å². The average molecular weight is 308 g/mol. The molecule has 1 aliphatic rings. The molecule has 1 atom stereocenters. The smallest absolute Gasteiger partial charge is 0.335 e. The number of hydrogen-bond acceptors (Lipinski definition) is 3. The zero-order valence-corrected chi connectivity index (χ0v) is 13.1. The zero-order chi connectivity index (χ0) is 15.4. The number of amides is 2. The molecule has 2 rings (SSSR count). The van der Waals surface area contributed by atoms with Crippen molar-refractivity contribution in [3.8, 4) is 0 Å². The molecule has 0 aromatic heterocycles. The van der Waals surface area contributed by atoms with E-state index in [1.807, 2.05) is 12.3 Å². The predicted octanol–water partition coefficient (Wildman–Crippen LogP) is 2.20. The van der Waals surface area contributed by atoms with E-state index >= 15 is 0 Å². The van der Waals surface area contributed by atoms with E-state index in [1.165, 1.54) is 0 Å². The highest BCUT2D eigenvalue weighted by atomic mass is 32.2. The highest BCUT2D eigenvalue weighted by molar-refractivity contribution is 7.99. The molecule has 0 saturated carbocycles. The predicted molar refractivity (Wildman–Crippen MR) is 83.9 cm³/mol. The van der Waals surface area contributed by atoms with Gasteiger partial charge in [0.15, 0.2) is 0 Å². The van der Waals surface area contributed by atoms with Crippen LogP contribution in [0.25, 0.3) is 0 Å². The second kappa shape index (κ2) is 6.85. The largest absolute Gasteiger partial charge is 0.478 e. The number of rotatable bonds is 4. The van der Waals surface area contributed by atoms with Crippen molar-refractivity contribution < 1.29 is 14.7 Å². The van der Waals surface area contributed by atoms with Gasteiger partial charge in [-0.15, -0.1) is 0 Å². The first-order valence-corrected chi connectivity index (χ1v) is 8.20. The van der Waals surface area contributed by atoms with E-state index in [-0.39, 0.29) is 11.6 Å². The van der Waals surface area contributed by atoms with Crippen LogP contribution in [0, 0.1) is 0 Å². The van der Waals surface area contributed by atoms with Crippen LogP contribution in [-0.4, -0.2) is 46.6 Å². The normalized spacial score (nSPS) is 15.2. The molecule has 114 valence electrons. The monoisotopic (exact) mass is 308 g/mol. The number of aromatic carboxylic acids is 1. The number of carbonyl (C=O) groups is 2. The number of nitrogens with zero attached hydrogens (tertiary/aromatic N) is 1. The Kier molecular flexibility index (Phi) is 5.12. The Labute approximate surface area is 128 Å². The number of carboxylic acid groups (broad SMARTS) is 1. The molecule has 6 heteroatoms. The quantitative estimate of drug-likeness (QED) is 0.894. The molecule has 0 radical (unpaired) electrons. The number of benzene rings is 1. The molecule has 1 aromatic rings. The first kappa shape index (κ1) is 15.7. The summed E-state index contributed by atoms with van der Waals surface area (Å²) in [6.07, 6.45) is 2.78. The number of fused-ring (bicyclic) bond motifs is 1. The van der Waals surface area contributed by atoms with Gasteiger partial charge in [0.05, 0.1) is 5.56 Å². The molecule has 0 aliphatic carbocycles. The molecular weight excluding hydrogens is 288 g/mol. The van der Waals surface area contributed by atoms with Crippen LogP contribution in [0.15, 0.2) is 18.2 Å². The Bertz CT molecular complexity index is 548. The van der Waals surface area contributed by atoms with Gasteiger partial charge in [-0.05, 0) is 35.9 Å². The number of carbonyl (C=O) groups excluding carboxylic acids is 1. The first-order valence-electron chi connectivity index (χ1n) is 6.92. The minimum Gasteiger partial charge on any atom is -0.478 e. The number of carboxylic acids is 1. The van der Waals surface area contributed by atoms with Crippen LogP contribution in [0.4, 0.5) is 4.79 Å². The molecule has 21 heavy (non-hydrogen) atoms. The average Bonchev–Trinajstić information content (AvgIpc) is 2.50. The summed E-state index contributed by atoms with van der Waals surface area (Å²) in [6, 6.07) is 5.06. The minimum absolute atomic E-state index is 0.0812. The van der Waals surface area contributed by atoms with E-state index in [1.54, 1.807) is 28.8 Å². The Morgan fingerprint density at radius 2 is 2.19 bits per heavy atom. The molecule has 1 aliphatic heterocycles. The fourth-order valence-electron chi connectivity index (χ4n) is 2.29. The van der Waals surface area contributed by atoms with Crippen molar-refractivity contribution in [2.75, 3.05) is 19.3 Å². The molecule has 2 N–H and O–H groups in total. The lowest BCUT2D eigenvalue weighted by molar-refractivity contribution is 0.0696. The van der Waals surface area contributed by atoms with Crippen LogP contribution >= 0.6 is 11.8 Å². The van der Waals surface area contributed by atoms with E-state index < -0.39 is 5.97 Å². The molecule has 2 amide bonds. The van der Waals surface area contributed by atoms with Gasteiger partial charge in [-0.25, -0.2) is 9.59 Å². The van der Waals surface area contributed by atoms with Gasteiger partial charge >= 0.3 is 12.0 Å². The molecule has 0 bridgehead atoms. The second-order valence-electron chi connectivity index (χ2n) is 5.19. The molecule has 5 nitrogen and oxygen atoms in total. The van der Waals surface area contributed by atoms with E-state index in [0.29, 0.717) is 24.9 Å². The maximum atomic E-state index is 12.1. The lowest BCUT2D eigenvalue weighted by Crippen LogP contribution is -2.44. The molecule has 0 saturated heterocycles. The van der Waals surface area contributed by atoms with Crippen LogP contribution < -0.4 is 5.32 Å². The van der Waals surface area contributed by atoms with Crippen molar-refractivity contribution in [2.24, 2.45) is 0 Å². The van der Waals surface area contributed by atoms with Crippen LogP contribution in [0.1, 0.15) is 28.4 Å². The number of hydrogen-bond donors (Lipinski definition) is 2. The summed E-state index contributed by atoms with van der Waals surface area (Å²) in [4.78, 5) is 24.9. The summed E-state index contributed by atoms with van der Waals surface area (Å²) in [5.74, 6) is -0.937. The van der Waals surface area contributed by atoms with Crippen molar-refractivity contribution in [1.82, 2.24) is 10.2 Å². The van der Waals surface area contributed by atoms with Crippen LogP contribution in [0.5, 0.6) is 0 Å². The van der Waals surface area contributed by atoms with Crippen molar-refractivity contribution in [3.05, 3.63) is 34.9 Å². The molecule has 0 fully saturated rings. The van der Waals surface area contributed by atoms with E-state index in [9.17, 15) is 9.59 Å². The summed E-state index contributed by atoms with van der Waals surface area (Å²) in [5.41, 5.74) is 2.32. The SMILES string of the molecule is CSC(C)CNC(=O)N1CCc2ccc(C(=O)O)cc2C1. The van der Waals surface area contributed by atoms with Gasteiger partial charge in [-0.3, -0.25) is 0 Å². The van der Waals surface area contributed by atoms with Crippen LogP contribution in [0.2, 0.25) is 0 Å². The standard InChI is InChI=1S/C15H20N2O3S/c1-10(21-2)8-16-15(20)17-6-5-11-3-4-12(14(18)19)7-13(11)9-17/h3-4,7,10H,5-6,8-9H2,1-2H3,(H,16,20)(H,18,19). The topological polar surface area (TPSA) is 69.6 Å². The molecular formula is C15H20N2O3S. The second-order valence-corrected chi connectivity index (χ2v) is 6.47. The first-order chi connectivity index (χ1) is 10.0. The van der Waals surface area contributed by atoms with Crippen molar-refractivity contribution in [1.29, 1.82) is 0 Å². The van der Waals surface area contributed by atoms with Crippen molar-refractivity contribution in [2.45, 2.75) is 25.1 Å².